The van der Waals surface area contributed by atoms with Gasteiger partial charge in [0.05, 0.1) is 6.61 Å². The van der Waals surface area contributed by atoms with Crippen LogP contribution in [0.15, 0.2) is 0 Å². The maximum Gasteiger partial charge on any atom is 0.327 e. The summed E-state index contributed by atoms with van der Waals surface area (Å²) in [5.74, 6) is 1.11. The maximum absolute atomic E-state index is 12.7. The number of likely N-dealkylation sites (tertiary alicyclic amines) is 1. The Hall–Kier alpha value is -0.610. The van der Waals surface area contributed by atoms with E-state index < -0.39 is 5.54 Å². The molecule has 2 fully saturated rings. The van der Waals surface area contributed by atoms with E-state index in [9.17, 15) is 4.79 Å². The zero-order valence-electron chi connectivity index (χ0n) is 14.2. The minimum atomic E-state index is -0.490. The van der Waals surface area contributed by atoms with Crippen molar-refractivity contribution in [2.45, 2.75) is 65.0 Å². The van der Waals surface area contributed by atoms with Crippen LogP contribution in [0.2, 0.25) is 0 Å². The molecular formula is C17H32N2O2. The Labute approximate surface area is 129 Å². The number of piperidine rings is 1. The van der Waals surface area contributed by atoms with Crippen LogP contribution in [0.1, 0.15) is 53.4 Å². The van der Waals surface area contributed by atoms with Crippen LogP contribution >= 0.6 is 0 Å². The molecule has 3 unspecified atom stereocenters. The summed E-state index contributed by atoms with van der Waals surface area (Å²) in [6.45, 7) is 11.8. The number of nitrogens with zero attached hydrogens (tertiary/aromatic N) is 1. The van der Waals surface area contributed by atoms with E-state index in [1.807, 2.05) is 6.92 Å². The molecule has 1 aliphatic heterocycles. The van der Waals surface area contributed by atoms with E-state index in [0.717, 1.165) is 32.5 Å². The molecule has 1 aliphatic carbocycles. The first kappa shape index (κ1) is 16.8. The molecule has 4 nitrogen and oxygen atoms in total. The normalized spacial score (nSPS) is 29.9. The van der Waals surface area contributed by atoms with E-state index in [2.05, 4.69) is 31.0 Å². The Balaban J connectivity index is 2.16. The van der Waals surface area contributed by atoms with Gasteiger partial charge < -0.3 is 10.1 Å². The Morgan fingerprint density at radius 2 is 2.00 bits per heavy atom. The van der Waals surface area contributed by atoms with Gasteiger partial charge in [0.15, 0.2) is 0 Å². The molecule has 3 atom stereocenters. The Bertz CT molecular complexity index is 357. The Morgan fingerprint density at radius 1 is 1.29 bits per heavy atom. The number of rotatable bonds is 7. The SMILES string of the molecule is CCNC(CN1CCCC(C)C1C)(C(=O)OCC)C1CC1. The van der Waals surface area contributed by atoms with E-state index in [1.165, 1.54) is 12.8 Å². The molecule has 0 radical (unpaired) electrons. The highest BCUT2D eigenvalue weighted by Crippen LogP contribution is 2.42. The fourth-order valence-corrected chi connectivity index (χ4v) is 3.75. The number of hydrogen-bond donors (Lipinski definition) is 1. The molecule has 1 saturated carbocycles. The minimum Gasteiger partial charge on any atom is -0.465 e. The van der Waals surface area contributed by atoms with Gasteiger partial charge in [-0.2, -0.15) is 0 Å². The third kappa shape index (κ3) is 3.59. The summed E-state index contributed by atoms with van der Waals surface area (Å²) in [7, 11) is 0. The third-order valence-electron chi connectivity index (χ3n) is 5.36. The lowest BCUT2D eigenvalue weighted by Gasteiger charge is -2.44. The highest BCUT2D eigenvalue weighted by Gasteiger charge is 2.53. The lowest BCUT2D eigenvalue weighted by Crippen LogP contribution is -2.63. The lowest BCUT2D eigenvalue weighted by molar-refractivity contribution is -0.154. The molecule has 0 spiro atoms. The predicted molar refractivity (Wildman–Crippen MR) is 85.2 cm³/mol. The molecule has 0 aromatic carbocycles. The smallest absolute Gasteiger partial charge is 0.327 e. The largest absolute Gasteiger partial charge is 0.465 e. The molecule has 4 heteroatoms. The average Bonchev–Trinajstić information content (AvgIpc) is 3.28. The van der Waals surface area contributed by atoms with Crippen molar-refractivity contribution in [2.75, 3.05) is 26.2 Å². The van der Waals surface area contributed by atoms with Gasteiger partial charge in [-0.15, -0.1) is 0 Å². The zero-order chi connectivity index (χ0) is 15.5. The van der Waals surface area contributed by atoms with Crippen molar-refractivity contribution in [3.63, 3.8) is 0 Å². The van der Waals surface area contributed by atoms with E-state index in [-0.39, 0.29) is 5.97 Å². The first-order valence-electron chi connectivity index (χ1n) is 8.71. The number of ether oxygens (including phenoxy) is 1. The van der Waals surface area contributed by atoms with Gasteiger partial charge in [-0.25, -0.2) is 4.79 Å². The lowest BCUT2D eigenvalue weighted by atomic mass is 9.87. The second kappa shape index (κ2) is 7.10. The fraction of sp³-hybridized carbons (Fsp3) is 0.941. The second-order valence-electron chi connectivity index (χ2n) is 6.83. The molecule has 0 aromatic rings. The van der Waals surface area contributed by atoms with Gasteiger partial charge in [-0.1, -0.05) is 13.8 Å². The second-order valence-corrected chi connectivity index (χ2v) is 6.83. The van der Waals surface area contributed by atoms with E-state index in [0.29, 0.717) is 24.5 Å². The number of likely N-dealkylation sites (N-methyl/N-ethyl adjacent to an activating group) is 1. The summed E-state index contributed by atoms with van der Waals surface area (Å²) in [4.78, 5) is 15.2. The molecule has 122 valence electrons. The van der Waals surface area contributed by atoms with E-state index in [4.69, 9.17) is 4.74 Å². The summed E-state index contributed by atoms with van der Waals surface area (Å²) >= 11 is 0. The van der Waals surface area contributed by atoms with Gasteiger partial charge in [-0.3, -0.25) is 4.90 Å². The minimum absolute atomic E-state index is 0.0419. The van der Waals surface area contributed by atoms with Gasteiger partial charge in [0.25, 0.3) is 0 Å². The highest BCUT2D eigenvalue weighted by molar-refractivity contribution is 5.82. The molecule has 0 amide bonds. The van der Waals surface area contributed by atoms with Gasteiger partial charge in [0, 0.05) is 12.6 Å². The predicted octanol–water partition coefficient (Wildman–Crippen LogP) is 2.43. The molecule has 1 N–H and O–H groups in total. The van der Waals surface area contributed by atoms with Crippen molar-refractivity contribution in [3.05, 3.63) is 0 Å². The quantitative estimate of drug-likeness (QED) is 0.733. The standard InChI is InChI=1S/C17H32N2O2/c1-5-18-17(15-9-10-15,16(20)21-6-2)12-19-11-7-8-13(3)14(19)4/h13-15,18H,5-12H2,1-4H3. The Kier molecular flexibility index (Phi) is 5.67. The molecular weight excluding hydrogens is 264 g/mol. The fourth-order valence-electron chi connectivity index (χ4n) is 3.75. The maximum atomic E-state index is 12.7. The summed E-state index contributed by atoms with van der Waals surface area (Å²) in [5.41, 5.74) is -0.490. The van der Waals surface area contributed by atoms with Crippen LogP contribution in [0.25, 0.3) is 0 Å². The van der Waals surface area contributed by atoms with Crippen LogP contribution in [-0.4, -0.2) is 48.7 Å². The van der Waals surface area contributed by atoms with Crippen LogP contribution in [0.4, 0.5) is 0 Å². The molecule has 0 aromatic heterocycles. The first-order chi connectivity index (χ1) is 10.0. The van der Waals surface area contributed by atoms with Gasteiger partial charge in [-0.05, 0) is 64.5 Å². The molecule has 2 aliphatic rings. The van der Waals surface area contributed by atoms with Crippen LogP contribution in [0.5, 0.6) is 0 Å². The third-order valence-corrected chi connectivity index (χ3v) is 5.36. The summed E-state index contributed by atoms with van der Waals surface area (Å²) in [6.07, 6.45) is 4.82. The van der Waals surface area contributed by atoms with Crippen molar-refractivity contribution in [3.8, 4) is 0 Å². The number of carbonyl (C=O) groups is 1. The van der Waals surface area contributed by atoms with Crippen molar-refractivity contribution >= 4 is 5.97 Å². The van der Waals surface area contributed by atoms with E-state index >= 15 is 0 Å². The van der Waals surface area contributed by atoms with Crippen molar-refractivity contribution < 1.29 is 9.53 Å². The van der Waals surface area contributed by atoms with Crippen molar-refractivity contribution in [1.29, 1.82) is 0 Å². The van der Waals surface area contributed by atoms with Crippen LogP contribution < -0.4 is 5.32 Å². The van der Waals surface area contributed by atoms with Crippen molar-refractivity contribution in [1.82, 2.24) is 10.2 Å². The number of carbonyl (C=O) groups excluding carboxylic acids is 1. The van der Waals surface area contributed by atoms with E-state index in [1.54, 1.807) is 0 Å². The highest BCUT2D eigenvalue weighted by atomic mass is 16.5. The summed E-state index contributed by atoms with van der Waals surface area (Å²) < 4.78 is 5.44. The van der Waals surface area contributed by atoms with Gasteiger partial charge in [0.1, 0.15) is 5.54 Å². The monoisotopic (exact) mass is 296 g/mol. The topological polar surface area (TPSA) is 41.6 Å². The number of esters is 1. The molecule has 21 heavy (non-hydrogen) atoms. The number of nitrogens with one attached hydrogen (secondary N) is 1. The molecule has 1 heterocycles. The summed E-state index contributed by atoms with van der Waals surface area (Å²) in [6, 6.07) is 0.546. The van der Waals surface area contributed by atoms with Crippen LogP contribution in [0, 0.1) is 11.8 Å². The summed E-state index contributed by atoms with van der Waals surface area (Å²) in [5, 5.41) is 3.51. The van der Waals surface area contributed by atoms with Crippen molar-refractivity contribution in [2.24, 2.45) is 11.8 Å². The van der Waals surface area contributed by atoms with Gasteiger partial charge in [0.2, 0.25) is 0 Å². The average molecular weight is 296 g/mol. The molecule has 0 bridgehead atoms. The van der Waals surface area contributed by atoms with Crippen LogP contribution in [0.3, 0.4) is 0 Å². The molecule has 1 saturated heterocycles. The van der Waals surface area contributed by atoms with Gasteiger partial charge >= 0.3 is 5.97 Å². The van der Waals surface area contributed by atoms with Crippen LogP contribution in [-0.2, 0) is 9.53 Å². The first-order valence-corrected chi connectivity index (χ1v) is 8.71. The zero-order valence-corrected chi connectivity index (χ0v) is 14.2. The Morgan fingerprint density at radius 3 is 2.57 bits per heavy atom. The number of hydrogen-bond acceptors (Lipinski definition) is 4. The molecule has 2 rings (SSSR count).